The second-order valence-corrected chi connectivity index (χ2v) is 5.99. The molecule has 1 aromatic rings. The molecule has 20 heavy (non-hydrogen) atoms. The summed E-state index contributed by atoms with van der Waals surface area (Å²) in [5.41, 5.74) is 6.66. The molecule has 6 heteroatoms. The molecular formula is C14H19N3O2S. The van der Waals surface area contributed by atoms with E-state index in [1.54, 1.807) is 0 Å². The first kappa shape index (κ1) is 14.7. The first-order valence-electron chi connectivity index (χ1n) is 6.60. The van der Waals surface area contributed by atoms with E-state index in [0.717, 1.165) is 23.5 Å². The van der Waals surface area contributed by atoms with Gasteiger partial charge in [-0.1, -0.05) is 35.5 Å². The SMILES string of the molecule is N/C(=N/O)C(Cc1ccccc1)C(=O)NC1CCSC1. The lowest BCUT2D eigenvalue weighted by molar-refractivity contribution is -0.123. The van der Waals surface area contributed by atoms with Gasteiger partial charge in [0, 0.05) is 11.8 Å². The van der Waals surface area contributed by atoms with Gasteiger partial charge in [-0.25, -0.2) is 0 Å². The Morgan fingerprint density at radius 1 is 1.50 bits per heavy atom. The maximum absolute atomic E-state index is 12.3. The summed E-state index contributed by atoms with van der Waals surface area (Å²) in [7, 11) is 0. The zero-order valence-electron chi connectivity index (χ0n) is 11.2. The molecule has 1 aliphatic heterocycles. The fourth-order valence-corrected chi connectivity index (χ4v) is 3.35. The van der Waals surface area contributed by atoms with E-state index in [4.69, 9.17) is 10.9 Å². The number of oxime groups is 1. The van der Waals surface area contributed by atoms with Gasteiger partial charge in [0.1, 0.15) is 5.92 Å². The van der Waals surface area contributed by atoms with Crippen molar-refractivity contribution >= 4 is 23.5 Å². The van der Waals surface area contributed by atoms with E-state index in [1.807, 2.05) is 42.1 Å². The first-order chi connectivity index (χ1) is 9.70. The predicted octanol–water partition coefficient (Wildman–Crippen LogP) is 1.21. The van der Waals surface area contributed by atoms with Gasteiger partial charge in [0.2, 0.25) is 5.91 Å². The Bertz CT molecular complexity index is 473. The number of amides is 1. The van der Waals surface area contributed by atoms with Crippen LogP contribution >= 0.6 is 11.8 Å². The molecule has 1 heterocycles. The molecule has 2 atom stereocenters. The topological polar surface area (TPSA) is 87.7 Å². The Balaban J connectivity index is 2.04. The van der Waals surface area contributed by atoms with Crippen LogP contribution < -0.4 is 11.1 Å². The lowest BCUT2D eigenvalue weighted by Gasteiger charge is -2.18. The minimum atomic E-state index is -0.631. The van der Waals surface area contributed by atoms with Crippen LogP contribution in [0.3, 0.4) is 0 Å². The number of carbonyl (C=O) groups excluding carboxylic acids is 1. The molecule has 1 amide bonds. The molecule has 1 fully saturated rings. The number of rotatable bonds is 5. The molecule has 1 aromatic carbocycles. The quantitative estimate of drug-likeness (QED) is 0.329. The summed E-state index contributed by atoms with van der Waals surface area (Å²) in [6.45, 7) is 0. The van der Waals surface area contributed by atoms with Crippen molar-refractivity contribution in [3.05, 3.63) is 35.9 Å². The molecule has 2 rings (SSSR count). The Morgan fingerprint density at radius 3 is 2.85 bits per heavy atom. The van der Waals surface area contributed by atoms with Gasteiger partial charge in [0.25, 0.3) is 0 Å². The van der Waals surface area contributed by atoms with E-state index in [2.05, 4.69) is 10.5 Å². The number of nitrogens with one attached hydrogen (secondary N) is 1. The van der Waals surface area contributed by atoms with E-state index in [-0.39, 0.29) is 17.8 Å². The molecule has 0 aromatic heterocycles. The predicted molar refractivity (Wildman–Crippen MR) is 80.9 cm³/mol. The average Bonchev–Trinajstić information content (AvgIpc) is 2.98. The lowest BCUT2D eigenvalue weighted by Crippen LogP contribution is -2.44. The number of amidine groups is 1. The molecule has 1 aliphatic rings. The van der Waals surface area contributed by atoms with Crippen molar-refractivity contribution in [3.63, 3.8) is 0 Å². The smallest absolute Gasteiger partial charge is 0.231 e. The van der Waals surface area contributed by atoms with Crippen LogP contribution in [0.4, 0.5) is 0 Å². The third kappa shape index (κ3) is 3.90. The van der Waals surface area contributed by atoms with Crippen LogP contribution in [0.1, 0.15) is 12.0 Å². The van der Waals surface area contributed by atoms with Crippen LogP contribution in [0.25, 0.3) is 0 Å². The van der Waals surface area contributed by atoms with Crippen molar-refractivity contribution in [3.8, 4) is 0 Å². The van der Waals surface area contributed by atoms with Gasteiger partial charge in [-0.15, -0.1) is 0 Å². The van der Waals surface area contributed by atoms with Crippen LogP contribution in [0.15, 0.2) is 35.5 Å². The van der Waals surface area contributed by atoms with Crippen molar-refractivity contribution in [2.24, 2.45) is 16.8 Å². The van der Waals surface area contributed by atoms with Gasteiger partial charge in [0.05, 0.1) is 0 Å². The second-order valence-electron chi connectivity index (χ2n) is 4.84. The number of hydrogen-bond acceptors (Lipinski definition) is 4. The summed E-state index contributed by atoms with van der Waals surface area (Å²) < 4.78 is 0. The van der Waals surface area contributed by atoms with E-state index < -0.39 is 5.92 Å². The zero-order valence-corrected chi connectivity index (χ0v) is 12.0. The summed E-state index contributed by atoms with van der Waals surface area (Å²) in [6, 6.07) is 9.77. The third-order valence-corrected chi connectivity index (χ3v) is 4.51. The largest absolute Gasteiger partial charge is 0.409 e. The number of benzene rings is 1. The van der Waals surface area contributed by atoms with Crippen molar-refractivity contribution in [2.75, 3.05) is 11.5 Å². The monoisotopic (exact) mass is 293 g/mol. The lowest BCUT2D eigenvalue weighted by atomic mass is 9.97. The van der Waals surface area contributed by atoms with Crippen LogP contribution in [-0.4, -0.2) is 34.5 Å². The summed E-state index contributed by atoms with van der Waals surface area (Å²) in [4.78, 5) is 12.3. The molecule has 0 saturated carbocycles. The van der Waals surface area contributed by atoms with Crippen LogP contribution in [0.2, 0.25) is 0 Å². The number of nitrogens with two attached hydrogens (primary N) is 1. The Labute approximate surface area is 122 Å². The van der Waals surface area contributed by atoms with Crippen molar-refractivity contribution in [1.29, 1.82) is 0 Å². The van der Waals surface area contributed by atoms with Gasteiger partial charge in [-0.05, 0) is 24.2 Å². The number of carbonyl (C=O) groups is 1. The van der Waals surface area contributed by atoms with Gasteiger partial charge >= 0.3 is 0 Å². The molecule has 5 nitrogen and oxygen atoms in total. The summed E-state index contributed by atoms with van der Waals surface area (Å²) >= 11 is 1.83. The van der Waals surface area contributed by atoms with E-state index in [1.165, 1.54) is 0 Å². The maximum atomic E-state index is 12.3. The third-order valence-electron chi connectivity index (χ3n) is 3.35. The number of nitrogens with zero attached hydrogens (tertiary/aromatic N) is 1. The molecule has 0 radical (unpaired) electrons. The number of hydrogen-bond donors (Lipinski definition) is 3. The fourth-order valence-electron chi connectivity index (χ4n) is 2.20. The van der Waals surface area contributed by atoms with Gasteiger partial charge < -0.3 is 16.3 Å². The van der Waals surface area contributed by atoms with Crippen molar-refractivity contribution in [2.45, 2.75) is 18.9 Å². The number of thioether (sulfide) groups is 1. The highest BCUT2D eigenvalue weighted by atomic mass is 32.2. The van der Waals surface area contributed by atoms with Crippen LogP contribution in [0.5, 0.6) is 0 Å². The second kappa shape index (κ2) is 7.19. The highest BCUT2D eigenvalue weighted by molar-refractivity contribution is 7.99. The van der Waals surface area contributed by atoms with Gasteiger partial charge in [-0.2, -0.15) is 11.8 Å². The Hall–Kier alpha value is -1.69. The Morgan fingerprint density at radius 2 is 2.25 bits per heavy atom. The average molecular weight is 293 g/mol. The summed E-state index contributed by atoms with van der Waals surface area (Å²) in [5.74, 6) is 1.15. The highest BCUT2D eigenvalue weighted by Gasteiger charge is 2.27. The molecule has 0 bridgehead atoms. The van der Waals surface area contributed by atoms with Crippen LogP contribution in [-0.2, 0) is 11.2 Å². The minimum absolute atomic E-state index is 0.0444. The highest BCUT2D eigenvalue weighted by Crippen LogP contribution is 2.18. The molecule has 108 valence electrons. The zero-order chi connectivity index (χ0) is 14.4. The van der Waals surface area contributed by atoms with Crippen LogP contribution in [0, 0.1) is 5.92 Å². The minimum Gasteiger partial charge on any atom is -0.409 e. The molecule has 0 spiro atoms. The van der Waals surface area contributed by atoms with Crippen molar-refractivity contribution in [1.82, 2.24) is 5.32 Å². The van der Waals surface area contributed by atoms with E-state index in [0.29, 0.717) is 6.42 Å². The maximum Gasteiger partial charge on any atom is 0.231 e. The Kier molecular flexibility index (Phi) is 5.29. The molecule has 2 unspecified atom stereocenters. The van der Waals surface area contributed by atoms with Gasteiger partial charge in [0.15, 0.2) is 5.84 Å². The summed E-state index contributed by atoms with van der Waals surface area (Å²) in [5, 5.41) is 14.9. The van der Waals surface area contributed by atoms with Gasteiger partial charge in [-0.3, -0.25) is 4.79 Å². The fraction of sp³-hybridized carbons (Fsp3) is 0.429. The molecule has 4 N–H and O–H groups in total. The standard InChI is InChI=1S/C14H19N3O2S/c15-13(17-19)12(8-10-4-2-1-3-5-10)14(18)16-11-6-7-20-9-11/h1-5,11-12,19H,6-9H2,(H2,15,17)(H,16,18). The molecule has 1 saturated heterocycles. The van der Waals surface area contributed by atoms with E-state index >= 15 is 0 Å². The first-order valence-corrected chi connectivity index (χ1v) is 7.75. The molecule has 0 aliphatic carbocycles. The van der Waals surface area contributed by atoms with Crippen molar-refractivity contribution < 1.29 is 10.0 Å². The normalized spacial score (nSPS) is 20.6. The van der Waals surface area contributed by atoms with E-state index in [9.17, 15) is 4.79 Å². The summed E-state index contributed by atoms with van der Waals surface area (Å²) in [6.07, 6.45) is 1.41. The molecular weight excluding hydrogens is 274 g/mol.